The van der Waals surface area contributed by atoms with Gasteiger partial charge in [0.05, 0.1) is 11.4 Å². The predicted octanol–water partition coefficient (Wildman–Crippen LogP) is 4.42. The molecule has 1 unspecified atom stereocenters. The van der Waals surface area contributed by atoms with Gasteiger partial charge in [0, 0.05) is 29.8 Å². The summed E-state index contributed by atoms with van der Waals surface area (Å²) in [6.45, 7) is 2.23. The van der Waals surface area contributed by atoms with E-state index in [1.807, 2.05) is 0 Å². The van der Waals surface area contributed by atoms with Crippen LogP contribution in [0, 0.1) is 11.6 Å². The van der Waals surface area contributed by atoms with Crippen LogP contribution in [0.2, 0.25) is 0 Å². The second kappa shape index (κ2) is 9.92. The van der Waals surface area contributed by atoms with Gasteiger partial charge in [-0.2, -0.15) is 0 Å². The molecule has 0 saturated carbocycles. The summed E-state index contributed by atoms with van der Waals surface area (Å²) in [5.74, 6) is -1.89. The standard InChI is InChI=1S/C26H24F2N4O3/c1-15(32-12-2-3-24(32)33)25(34)30-19-10-6-17(7-11-19)26(35)31-23-13-20(21(28)14-22(23)29)16-4-8-18(27)9-5-16/h4-11,13-15H,2-3,12,29H2,1H3,(H,30,34)(H,31,35). The van der Waals surface area contributed by atoms with E-state index >= 15 is 0 Å². The second-order valence-corrected chi connectivity index (χ2v) is 8.31. The third-order valence-corrected chi connectivity index (χ3v) is 5.91. The van der Waals surface area contributed by atoms with Crippen molar-refractivity contribution in [2.75, 3.05) is 22.9 Å². The molecule has 1 saturated heterocycles. The number of likely N-dealkylation sites (tertiary alicyclic amines) is 1. The second-order valence-electron chi connectivity index (χ2n) is 8.31. The first-order chi connectivity index (χ1) is 16.7. The Balaban J connectivity index is 1.45. The lowest BCUT2D eigenvalue weighted by atomic mass is 10.0. The molecule has 4 rings (SSSR count). The van der Waals surface area contributed by atoms with Crippen molar-refractivity contribution in [2.24, 2.45) is 0 Å². The van der Waals surface area contributed by atoms with E-state index in [0.29, 0.717) is 24.2 Å². The van der Waals surface area contributed by atoms with Gasteiger partial charge in [-0.15, -0.1) is 0 Å². The zero-order valence-electron chi connectivity index (χ0n) is 19.0. The van der Waals surface area contributed by atoms with E-state index in [9.17, 15) is 23.2 Å². The Labute approximate surface area is 200 Å². The number of rotatable bonds is 6. The number of anilines is 3. The monoisotopic (exact) mass is 478 g/mol. The highest BCUT2D eigenvalue weighted by Crippen LogP contribution is 2.31. The number of nitrogens with zero attached hydrogens (tertiary/aromatic N) is 1. The van der Waals surface area contributed by atoms with Crippen LogP contribution in [0.1, 0.15) is 30.1 Å². The van der Waals surface area contributed by atoms with E-state index in [4.69, 9.17) is 5.73 Å². The molecule has 7 nitrogen and oxygen atoms in total. The molecule has 0 spiro atoms. The molecule has 3 aromatic rings. The van der Waals surface area contributed by atoms with E-state index in [2.05, 4.69) is 10.6 Å². The first kappa shape index (κ1) is 23.9. The SMILES string of the molecule is CC(C(=O)Nc1ccc(C(=O)Nc2cc(-c3ccc(F)cc3)c(F)cc2N)cc1)N1CCCC1=O. The summed E-state index contributed by atoms with van der Waals surface area (Å²) in [6, 6.07) is 13.4. The topological polar surface area (TPSA) is 105 Å². The number of carbonyl (C=O) groups excluding carboxylic acids is 3. The summed E-state index contributed by atoms with van der Waals surface area (Å²) in [5, 5.41) is 5.41. The summed E-state index contributed by atoms with van der Waals surface area (Å²) in [4.78, 5) is 38.6. The summed E-state index contributed by atoms with van der Waals surface area (Å²) >= 11 is 0. The zero-order chi connectivity index (χ0) is 25.1. The summed E-state index contributed by atoms with van der Waals surface area (Å²) in [5.41, 5.74) is 7.51. The summed E-state index contributed by atoms with van der Waals surface area (Å²) in [7, 11) is 0. The van der Waals surface area contributed by atoms with Crippen LogP contribution in [0.25, 0.3) is 11.1 Å². The van der Waals surface area contributed by atoms with Crippen molar-refractivity contribution in [3.05, 3.63) is 77.9 Å². The van der Waals surface area contributed by atoms with Crippen LogP contribution >= 0.6 is 0 Å². The number of nitrogens with one attached hydrogen (secondary N) is 2. The van der Waals surface area contributed by atoms with Crippen LogP contribution < -0.4 is 16.4 Å². The number of carbonyl (C=O) groups is 3. The largest absolute Gasteiger partial charge is 0.397 e. The van der Waals surface area contributed by atoms with Gasteiger partial charge in [-0.3, -0.25) is 14.4 Å². The first-order valence-electron chi connectivity index (χ1n) is 11.1. The van der Waals surface area contributed by atoms with Crippen LogP contribution in [0.5, 0.6) is 0 Å². The van der Waals surface area contributed by atoms with E-state index in [1.165, 1.54) is 42.5 Å². The lowest BCUT2D eigenvalue weighted by Crippen LogP contribution is -2.42. The molecule has 3 amide bonds. The van der Waals surface area contributed by atoms with Gasteiger partial charge in [-0.05, 0) is 67.4 Å². The lowest BCUT2D eigenvalue weighted by molar-refractivity contribution is -0.134. The van der Waals surface area contributed by atoms with Gasteiger partial charge < -0.3 is 21.3 Å². The van der Waals surface area contributed by atoms with Crippen molar-refractivity contribution in [1.82, 2.24) is 4.90 Å². The van der Waals surface area contributed by atoms with E-state index in [-0.39, 0.29) is 34.3 Å². The molecule has 180 valence electrons. The molecular formula is C26H24F2N4O3. The van der Waals surface area contributed by atoms with Crippen molar-refractivity contribution in [3.63, 3.8) is 0 Å². The molecular weight excluding hydrogens is 454 g/mol. The molecule has 4 N–H and O–H groups in total. The summed E-state index contributed by atoms with van der Waals surface area (Å²) < 4.78 is 27.7. The van der Waals surface area contributed by atoms with Crippen LogP contribution in [-0.2, 0) is 9.59 Å². The van der Waals surface area contributed by atoms with Gasteiger partial charge in [0.15, 0.2) is 0 Å². The number of nitrogens with two attached hydrogens (primary N) is 1. The maximum Gasteiger partial charge on any atom is 0.255 e. The minimum Gasteiger partial charge on any atom is -0.397 e. The number of amides is 3. The van der Waals surface area contributed by atoms with Crippen LogP contribution in [-0.4, -0.2) is 35.2 Å². The Hall–Kier alpha value is -4.27. The highest BCUT2D eigenvalue weighted by molar-refractivity contribution is 6.06. The lowest BCUT2D eigenvalue weighted by Gasteiger charge is -2.23. The number of halogens is 2. The third-order valence-electron chi connectivity index (χ3n) is 5.91. The predicted molar refractivity (Wildman–Crippen MR) is 130 cm³/mol. The van der Waals surface area contributed by atoms with Gasteiger partial charge in [-0.1, -0.05) is 12.1 Å². The Morgan fingerprint density at radius 1 is 1.00 bits per heavy atom. The van der Waals surface area contributed by atoms with Crippen molar-refractivity contribution >= 4 is 34.8 Å². The van der Waals surface area contributed by atoms with Crippen LogP contribution in [0.3, 0.4) is 0 Å². The summed E-state index contributed by atoms with van der Waals surface area (Å²) in [6.07, 6.45) is 1.19. The van der Waals surface area contributed by atoms with Crippen molar-refractivity contribution in [3.8, 4) is 11.1 Å². The van der Waals surface area contributed by atoms with Crippen molar-refractivity contribution in [2.45, 2.75) is 25.8 Å². The van der Waals surface area contributed by atoms with Crippen molar-refractivity contribution in [1.29, 1.82) is 0 Å². The average Bonchev–Trinajstić information content (AvgIpc) is 3.27. The molecule has 1 aliphatic heterocycles. The third kappa shape index (κ3) is 5.29. The Kier molecular flexibility index (Phi) is 6.77. The molecule has 0 radical (unpaired) electrons. The molecule has 1 heterocycles. The number of benzene rings is 3. The molecule has 3 aromatic carbocycles. The fraction of sp³-hybridized carbons (Fsp3) is 0.192. The maximum atomic E-state index is 14.5. The van der Waals surface area contributed by atoms with Crippen molar-refractivity contribution < 1.29 is 23.2 Å². The highest BCUT2D eigenvalue weighted by atomic mass is 19.1. The molecule has 9 heteroatoms. The number of hydrogen-bond donors (Lipinski definition) is 3. The Morgan fingerprint density at radius 3 is 2.31 bits per heavy atom. The van der Waals surface area contributed by atoms with Crippen LogP contribution in [0.4, 0.5) is 25.8 Å². The maximum absolute atomic E-state index is 14.5. The molecule has 0 aromatic heterocycles. The smallest absolute Gasteiger partial charge is 0.255 e. The van der Waals surface area contributed by atoms with E-state index < -0.39 is 23.6 Å². The van der Waals surface area contributed by atoms with Gasteiger partial charge in [-0.25, -0.2) is 8.78 Å². The molecule has 0 bridgehead atoms. The molecule has 35 heavy (non-hydrogen) atoms. The van der Waals surface area contributed by atoms with Gasteiger partial charge in [0.1, 0.15) is 17.7 Å². The molecule has 1 fully saturated rings. The Bertz CT molecular complexity index is 1280. The molecule has 1 aliphatic rings. The quantitative estimate of drug-likeness (QED) is 0.456. The average molecular weight is 478 g/mol. The fourth-order valence-corrected chi connectivity index (χ4v) is 3.91. The molecule has 0 aliphatic carbocycles. The van der Waals surface area contributed by atoms with Crippen LogP contribution in [0.15, 0.2) is 60.7 Å². The zero-order valence-corrected chi connectivity index (χ0v) is 19.0. The number of hydrogen-bond acceptors (Lipinski definition) is 4. The fourth-order valence-electron chi connectivity index (χ4n) is 3.91. The van der Waals surface area contributed by atoms with E-state index in [1.54, 1.807) is 24.0 Å². The number of nitrogen functional groups attached to an aromatic ring is 1. The molecule has 1 atom stereocenters. The van der Waals surface area contributed by atoms with Gasteiger partial charge in [0.2, 0.25) is 11.8 Å². The normalized spacial score (nSPS) is 14.0. The Morgan fingerprint density at radius 2 is 1.69 bits per heavy atom. The highest BCUT2D eigenvalue weighted by Gasteiger charge is 2.29. The minimum atomic E-state index is -0.600. The minimum absolute atomic E-state index is 0.0380. The van der Waals surface area contributed by atoms with E-state index in [0.717, 1.165) is 12.5 Å². The van der Waals surface area contributed by atoms with Gasteiger partial charge in [0.25, 0.3) is 5.91 Å². The van der Waals surface area contributed by atoms with Gasteiger partial charge >= 0.3 is 0 Å². The first-order valence-corrected chi connectivity index (χ1v) is 11.1.